The summed E-state index contributed by atoms with van der Waals surface area (Å²) in [6.45, 7) is 17.3. The zero-order valence-corrected chi connectivity index (χ0v) is 10.7. The second kappa shape index (κ2) is 6.29. The van der Waals surface area contributed by atoms with E-state index >= 15 is 0 Å². The SMILES string of the molecule is C=C(C)C[NH+](CC)C1CC[NH+](CC)CC1. The maximum Gasteiger partial charge on any atom is 0.0985 e. The molecule has 0 aromatic rings. The standard InChI is InChI=1S/C13H26N2/c1-5-14-9-7-13(8-10-14)15(6-2)11-12(3)4/h13H,3,5-11H2,1-2,4H3/p+2. The molecular weight excluding hydrogens is 184 g/mol. The Hall–Kier alpha value is -0.340. The van der Waals surface area contributed by atoms with Gasteiger partial charge in [0.15, 0.2) is 0 Å². The highest BCUT2D eigenvalue weighted by molar-refractivity contribution is 4.87. The lowest BCUT2D eigenvalue weighted by atomic mass is 10.0. The molecule has 1 fully saturated rings. The Labute approximate surface area is 94.9 Å². The first-order chi connectivity index (χ1) is 7.17. The fourth-order valence-electron chi connectivity index (χ4n) is 2.73. The van der Waals surface area contributed by atoms with Crippen LogP contribution in [0.15, 0.2) is 12.2 Å². The summed E-state index contributed by atoms with van der Waals surface area (Å²) in [4.78, 5) is 3.54. The van der Waals surface area contributed by atoms with Gasteiger partial charge in [-0.15, -0.1) is 0 Å². The first-order valence-electron chi connectivity index (χ1n) is 6.49. The van der Waals surface area contributed by atoms with Gasteiger partial charge < -0.3 is 9.80 Å². The maximum absolute atomic E-state index is 4.04. The van der Waals surface area contributed by atoms with Crippen molar-refractivity contribution in [3.63, 3.8) is 0 Å². The van der Waals surface area contributed by atoms with Crippen molar-refractivity contribution in [3.05, 3.63) is 12.2 Å². The molecule has 1 atom stereocenters. The highest BCUT2D eigenvalue weighted by atomic mass is 15.2. The van der Waals surface area contributed by atoms with Gasteiger partial charge in [-0.3, -0.25) is 0 Å². The Morgan fingerprint density at radius 3 is 2.33 bits per heavy atom. The zero-order chi connectivity index (χ0) is 11.3. The van der Waals surface area contributed by atoms with Gasteiger partial charge >= 0.3 is 0 Å². The smallest absolute Gasteiger partial charge is 0.0985 e. The van der Waals surface area contributed by atoms with Crippen LogP contribution in [0.3, 0.4) is 0 Å². The Bertz CT molecular complexity index is 193. The van der Waals surface area contributed by atoms with Gasteiger partial charge in [0.2, 0.25) is 0 Å². The molecule has 1 heterocycles. The van der Waals surface area contributed by atoms with Crippen molar-refractivity contribution in [1.29, 1.82) is 0 Å². The number of quaternary nitrogens is 2. The Morgan fingerprint density at radius 2 is 1.93 bits per heavy atom. The summed E-state index contributed by atoms with van der Waals surface area (Å²) in [7, 11) is 0. The van der Waals surface area contributed by atoms with Crippen LogP contribution in [0.5, 0.6) is 0 Å². The average Bonchev–Trinajstić information content (AvgIpc) is 2.26. The average molecular weight is 212 g/mol. The van der Waals surface area contributed by atoms with Gasteiger partial charge in [-0.1, -0.05) is 6.58 Å². The minimum Gasteiger partial charge on any atom is -0.335 e. The predicted molar refractivity (Wildman–Crippen MR) is 65.4 cm³/mol. The summed E-state index contributed by atoms with van der Waals surface area (Å²) < 4.78 is 0. The van der Waals surface area contributed by atoms with Gasteiger partial charge in [0.1, 0.15) is 0 Å². The Balaban J connectivity index is 2.39. The first kappa shape index (κ1) is 12.7. The molecule has 0 radical (unpaired) electrons. The summed E-state index contributed by atoms with van der Waals surface area (Å²) in [6, 6.07) is 0.891. The van der Waals surface area contributed by atoms with Crippen LogP contribution in [0.25, 0.3) is 0 Å². The fourth-order valence-corrected chi connectivity index (χ4v) is 2.73. The molecule has 0 aliphatic carbocycles. The lowest BCUT2D eigenvalue weighted by Gasteiger charge is -2.33. The Morgan fingerprint density at radius 1 is 1.33 bits per heavy atom. The molecule has 2 N–H and O–H groups in total. The highest BCUT2D eigenvalue weighted by Gasteiger charge is 2.27. The molecule has 0 bridgehead atoms. The monoisotopic (exact) mass is 212 g/mol. The molecule has 1 unspecified atom stereocenters. The fraction of sp³-hybridized carbons (Fsp3) is 0.846. The van der Waals surface area contributed by atoms with Gasteiger partial charge in [0.05, 0.1) is 38.8 Å². The van der Waals surface area contributed by atoms with Crippen molar-refractivity contribution in [2.24, 2.45) is 0 Å². The minimum absolute atomic E-state index is 0.891. The van der Waals surface area contributed by atoms with Crippen molar-refractivity contribution in [3.8, 4) is 0 Å². The molecule has 0 spiro atoms. The molecule has 0 saturated carbocycles. The molecule has 15 heavy (non-hydrogen) atoms. The zero-order valence-electron chi connectivity index (χ0n) is 10.7. The molecule has 2 nitrogen and oxygen atoms in total. The summed E-state index contributed by atoms with van der Waals surface area (Å²) in [5.74, 6) is 0. The van der Waals surface area contributed by atoms with E-state index in [0.29, 0.717) is 0 Å². The van der Waals surface area contributed by atoms with Crippen LogP contribution < -0.4 is 9.80 Å². The first-order valence-corrected chi connectivity index (χ1v) is 6.49. The number of likely N-dealkylation sites (tertiary alicyclic amines) is 1. The van der Waals surface area contributed by atoms with Gasteiger partial charge in [0.25, 0.3) is 0 Å². The number of rotatable bonds is 5. The van der Waals surface area contributed by atoms with Crippen molar-refractivity contribution in [1.82, 2.24) is 0 Å². The summed E-state index contributed by atoms with van der Waals surface area (Å²) >= 11 is 0. The van der Waals surface area contributed by atoms with Crippen molar-refractivity contribution < 1.29 is 9.80 Å². The van der Waals surface area contributed by atoms with Crippen LogP contribution in [0, 0.1) is 0 Å². The summed E-state index contributed by atoms with van der Waals surface area (Å²) in [6.07, 6.45) is 2.80. The van der Waals surface area contributed by atoms with Gasteiger partial charge in [0, 0.05) is 12.8 Å². The van der Waals surface area contributed by atoms with E-state index in [1.165, 1.54) is 51.1 Å². The Kier molecular flexibility index (Phi) is 5.34. The summed E-state index contributed by atoms with van der Waals surface area (Å²) in [5, 5.41) is 0. The van der Waals surface area contributed by atoms with E-state index in [-0.39, 0.29) is 0 Å². The predicted octanol–water partition coefficient (Wildman–Crippen LogP) is -0.465. The molecular formula is C13H28N2+2. The minimum atomic E-state index is 0.891. The van der Waals surface area contributed by atoms with Crippen LogP contribution in [-0.2, 0) is 0 Å². The van der Waals surface area contributed by atoms with E-state index in [1.54, 1.807) is 9.80 Å². The van der Waals surface area contributed by atoms with E-state index < -0.39 is 0 Å². The molecule has 88 valence electrons. The van der Waals surface area contributed by atoms with E-state index in [9.17, 15) is 0 Å². The maximum atomic E-state index is 4.04. The number of hydrogen-bond donors (Lipinski definition) is 2. The van der Waals surface area contributed by atoms with Crippen molar-refractivity contribution in [2.45, 2.75) is 39.7 Å². The van der Waals surface area contributed by atoms with Gasteiger partial charge in [-0.05, 0) is 26.3 Å². The van der Waals surface area contributed by atoms with Crippen LogP contribution in [0.4, 0.5) is 0 Å². The molecule has 1 rings (SSSR count). The third-order valence-electron chi connectivity index (χ3n) is 3.75. The topological polar surface area (TPSA) is 8.88 Å². The van der Waals surface area contributed by atoms with Crippen molar-refractivity contribution >= 4 is 0 Å². The second-order valence-corrected chi connectivity index (χ2v) is 5.02. The number of nitrogens with one attached hydrogen (secondary N) is 2. The number of piperidine rings is 1. The highest BCUT2D eigenvalue weighted by Crippen LogP contribution is 1.96. The van der Waals surface area contributed by atoms with E-state index in [1.807, 2.05) is 0 Å². The molecule has 0 aromatic heterocycles. The van der Waals surface area contributed by atoms with E-state index in [0.717, 1.165) is 6.04 Å². The van der Waals surface area contributed by atoms with E-state index in [2.05, 4.69) is 27.4 Å². The third kappa shape index (κ3) is 3.96. The quantitative estimate of drug-likeness (QED) is 0.571. The van der Waals surface area contributed by atoms with Crippen LogP contribution in [0.2, 0.25) is 0 Å². The lowest BCUT2D eigenvalue weighted by molar-refractivity contribution is -0.953. The van der Waals surface area contributed by atoms with Crippen LogP contribution >= 0.6 is 0 Å². The molecule has 1 saturated heterocycles. The molecule has 0 aromatic carbocycles. The molecule has 0 amide bonds. The normalized spacial score (nSPS) is 28.7. The summed E-state index contributed by atoms with van der Waals surface area (Å²) in [5.41, 5.74) is 1.33. The van der Waals surface area contributed by atoms with Gasteiger partial charge in [-0.25, -0.2) is 0 Å². The molecule has 2 heteroatoms. The lowest BCUT2D eigenvalue weighted by Crippen LogP contribution is -3.20. The van der Waals surface area contributed by atoms with Crippen LogP contribution in [-0.4, -0.2) is 38.8 Å². The van der Waals surface area contributed by atoms with E-state index in [4.69, 9.17) is 0 Å². The molecule has 1 aliphatic rings. The van der Waals surface area contributed by atoms with Crippen molar-refractivity contribution in [2.75, 3.05) is 32.7 Å². The molecule has 1 aliphatic heterocycles. The van der Waals surface area contributed by atoms with Gasteiger partial charge in [-0.2, -0.15) is 0 Å². The largest absolute Gasteiger partial charge is 0.335 e. The second-order valence-electron chi connectivity index (χ2n) is 5.02. The number of likely N-dealkylation sites (N-methyl/N-ethyl adjacent to an activating group) is 1. The third-order valence-corrected chi connectivity index (χ3v) is 3.75. The number of hydrogen-bond acceptors (Lipinski definition) is 0. The van der Waals surface area contributed by atoms with Crippen LogP contribution in [0.1, 0.15) is 33.6 Å².